The quantitative estimate of drug-likeness (QED) is 0.447. The zero-order chi connectivity index (χ0) is 10.6. The van der Waals surface area contributed by atoms with Crippen molar-refractivity contribution in [3.8, 4) is 0 Å². The molecule has 4 fully saturated rings. The molecular formula is C14H12O2. The molecule has 0 radical (unpaired) electrons. The maximum Gasteiger partial charge on any atom is 0.202 e. The molecule has 0 amide bonds. The van der Waals surface area contributed by atoms with Gasteiger partial charge in [-0.25, -0.2) is 0 Å². The van der Waals surface area contributed by atoms with Gasteiger partial charge in [-0.3, -0.25) is 9.59 Å². The summed E-state index contributed by atoms with van der Waals surface area (Å²) in [6.45, 7) is 0. The molecule has 0 aromatic rings. The second-order valence-corrected chi connectivity index (χ2v) is 6.01. The Morgan fingerprint density at radius 1 is 0.625 bits per heavy atom. The Kier molecular flexibility index (Phi) is 1.05. The number of allylic oxidation sites excluding steroid dienone is 4. The van der Waals surface area contributed by atoms with Crippen molar-refractivity contribution in [2.75, 3.05) is 0 Å². The number of ketones is 2. The minimum absolute atomic E-state index is 0.00231. The highest BCUT2D eigenvalue weighted by Crippen LogP contribution is 2.69. The highest BCUT2D eigenvalue weighted by molar-refractivity contribution is 6.40. The molecule has 2 nitrogen and oxygen atoms in total. The molecule has 2 heteroatoms. The van der Waals surface area contributed by atoms with Gasteiger partial charge in [0.2, 0.25) is 11.6 Å². The molecule has 6 atom stereocenters. The summed E-state index contributed by atoms with van der Waals surface area (Å²) in [6.07, 6.45) is 8.94. The van der Waals surface area contributed by atoms with Crippen LogP contribution in [-0.2, 0) is 9.59 Å². The lowest BCUT2D eigenvalue weighted by Crippen LogP contribution is -2.33. The van der Waals surface area contributed by atoms with Gasteiger partial charge in [-0.05, 0) is 35.5 Å². The predicted molar refractivity (Wildman–Crippen MR) is 56.2 cm³/mol. The van der Waals surface area contributed by atoms with E-state index in [1.54, 1.807) is 0 Å². The van der Waals surface area contributed by atoms with E-state index in [-0.39, 0.29) is 23.4 Å². The van der Waals surface area contributed by atoms with Gasteiger partial charge >= 0.3 is 0 Å². The van der Waals surface area contributed by atoms with Crippen molar-refractivity contribution in [1.29, 1.82) is 0 Å². The van der Waals surface area contributed by atoms with Crippen LogP contribution in [0.4, 0.5) is 0 Å². The standard InChI is InChI=1S/C14H12O2/c15-13-11-5-1-2-6-9(5)10-7(11)3-4-8(10)12(6)14(13)16/h1-12H/t5-,6-,7+,8+,9?,10?,11?,12?. The minimum Gasteiger partial charge on any atom is -0.291 e. The molecule has 2 unspecified atom stereocenters. The average molecular weight is 212 g/mol. The molecule has 0 N–H and O–H groups in total. The normalized spacial score (nSPS) is 62.8. The third kappa shape index (κ3) is 0.555. The first kappa shape index (κ1) is 7.99. The van der Waals surface area contributed by atoms with Crippen LogP contribution in [0, 0.1) is 47.3 Å². The lowest BCUT2D eigenvalue weighted by Gasteiger charge is -2.20. The average Bonchev–Trinajstić information content (AvgIpc) is 2.91. The van der Waals surface area contributed by atoms with Crippen molar-refractivity contribution in [1.82, 2.24) is 0 Å². The van der Waals surface area contributed by atoms with E-state index < -0.39 is 0 Å². The van der Waals surface area contributed by atoms with E-state index in [1.807, 2.05) is 0 Å². The molecule has 8 bridgehead atoms. The maximum atomic E-state index is 12.2. The Balaban J connectivity index is 1.89. The molecule has 0 aromatic heterocycles. The van der Waals surface area contributed by atoms with Crippen LogP contribution in [0.2, 0.25) is 0 Å². The van der Waals surface area contributed by atoms with Crippen LogP contribution < -0.4 is 0 Å². The molecule has 6 aliphatic rings. The number of Topliss-reactive ketones (excluding diaryl/α,β-unsaturated/α-hetero) is 2. The van der Waals surface area contributed by atoms with Crippen molar-refractivity contribution in [3.05, 3.63) is 24.3 Å². The zero-order valence-electron chi connectivity index (χ0n) is 8.74. The Hall–Kier alpha value is -1.18. The van der Waals surface area contributed by atoms with Crippen molar-refractivity contribution < 1.29 is 9.59 Å². The first-order valence-electron chi connectivity index (χ1n) is 6.24. The van der Waals surface area contributed by atoms with E-state index in [0.717, 1.165) is 0 Å². The van der Waals surface area contributed by atoms with Crippen molar-refractivity contribution in [2.24, 2.45) is 47.3 Å². The molecule has 6 rings (SSSR count). The van der Waals surface area contributed by atoms with Crippen LogP contribution in [0.1, 0.15) is 0 Å². The zero-order valence-corrected chi connectivity index (χ0v) is 8.74. The third-order valence-electron chi connectivity index (χ3n) is 5.84. The minimum atomic E-state index is -0.0498. The lowest BCUT2D eigenvalue weighted by molar-refractivity contribution is -0.141. The summed E-state index contributed by atoms with van der Waals surface area (Å²) >= 11 is 0. The number of carbonyl (C=O) groups is 2. The number of fused-ring (bicyclic) bond motifs is 1. The van der Waals surface area contributed by atoms with Gasteiger partial charge < -0.3 is 0 Å². The van der Waals surface area contributed by atoms with Crippen LogP contribution in [-0.4, -0.2) is 11.6 Å². The predicted octanol–water partition coefficient (Wildman–Crippen LogP) is 1.23. The van der Waals surface area contributed by atoms with Crippen LogP contribution in [0.5, 0.6) is 0 Å². The molecule has 4 saturated carbocycles. The summed E-state index contributed by atoms with van der Waals surface area (Å²) in [5, 5.41) is 0. The van der Waals surface area contributed by atoms with E-state index in [1.165, 1.54) is 0 Å². The maximum absolute atomic E-state index is 12.2. The van der Waals surface area contributed by atoms with E-state index >= 15 is 0 Å². The fourth-order valence-electron chi connectivity index (χ4n) is 5.54. The summed E-state index contributed by atoms with van der Waals surface area (Å²) < 4.78 is 0. The summed E-state index contributed by atoms with van der Waals surface area (Å²) in [5.41, 5.74) is 0. The molecular weight excluding hydrogens is 200 g/mol. The van der Waals surface area contributed by atoms with Gasteiger partial charge in [0, 0.05) is 11.8 Å². The SMILES string of the molecule is O=C1C(=O)C2[C@H]3C=C[C@@H]4C1[C@@H]1C=C[C@@H]2C1C43. The third-order valence-corrected chi connectivity index (χ3v) is 5.84. The Morgan fingerprint density at radius 3 is 1.25 bits per heavy atom. The molecule has 0 saturated heterocycles. The fourth-order valence-corrected chi connectivity index (χ4v) is 5.54. The summed E-state index contributed by atoms with van der Waals surface area (Å²) in [6, 6.07) is 0. The van der Waals surface area contributed by atoms with Crippen LogP contribution in [0.25, 0.3) is 0 Å². The molecule has 0 spiro atoms. The molecule has 80 valence electrons. The topological polar surface area (TPSA) is 34.1 Å². The molecule has 6 aliphatic carbocycles. The monoisotopic (exact) mass is 212 g/mol. The lowest BCUT2D eigenvalue weighted by atomic mass is 9.81. The van der Waals surface area contributed by atoms with Gasteiger partial charge in [-0.2, -0.15) is 0 Å². The van der Waals surface area contributed by atoms with Crippen molar-refractivity contribution in [2.45, 2.75) is 0 Å². The molecule has 0 heterocycles. The van der Waals surface area contributed by atoms with E-state index in [0.29, 0.717) is 35.5 Å². The number of rotatable bonds is 0. The highest BCUT2D eigenvalue weighted by Gasteiger charge is 2.70. The van der Waals surface area contributed by atoms with Gasteiger partial charge in [0.1, 0.15) is 0 Å². The Bertz CT molecular complexity index is 427. The Morgan fingerprint density at radius 2 is 0.938 bits per heavy atom. The number of hydrogen-bond donors (Lipinski definition) is 0. The smallest absolute Gasteiger partial charge is 0.202 e. The molecule has 0 aromatic carbocycles. The second-order valence-electron chi connectivity index (χ2n) is 6.01. The molecule has 0 aliphatic heterocycles. The Labute approximate surface area is 93.4 Å². The fraction of sp³-hybridized carbons (Fsp3) is 0.571. The van der Waals surface area contributed by atoms with Gasteiger partial charge in [0.15, 0.2) is 0 Å². The summed E-state index contributed by atoms with van der Waals surface area (Å²) in [5.74, 6) is 2.65. The summed E-state index contributed by atoms with van der Waals surface area (Å²) in [4.78, 5) is 24.4. The largest absolute Gasteiger partial charge is 0.291 e. The first-order chi connectivity index (χ1) is 7.79. The van der Waals surface area contributed by atoms with Crippen LogP contribution in [0.15, 0.2) is 24.3 Å². The van der Waals surface area contributed by atoms with Gasteiger partial charge in [0.25, 0.3) is 0 Å². The first-order valence-corrected chi connectivity index (χ1v) is 6.24. The van der Waals surface area contributed by atoms with E-state index in [9.17, 15) is 9.59 Å². The number of carbonyl (C=O) groups excluding carboxylic acids is 2. The van der Waals surface area contributed by atoms with E-state index in [4.69, 9.17) is 0 Å². The highest BCUT2D eigenvalue weighted by atomic mass is 16.2. The van der Waals surface area contributed by atoms with Gasteiger partial charge in [0.05, 0.1) is 0 Å². The van der Waals surface area contributed by atoms with Gasteiger partial charge in [-0.1, -0.05) is 24.3 Å². The van der Waals surface area contributed by atoms with Crippen LogP contribution >= 0.6 is 0 Å². The van der Waals surface area contributed by atoms with Crippen molar-refractivity contribution >= 4 is 11.6 Å². The second kappa shape index (κ2) is 2.11. The van der Waals surface area contributed by atoms with Crippen LogP contribution in [0.3, 0.4) is 0 Å². The van der Waals surface area contributed by atoms with Crippen molar-refractivity contribution in [3.63, 3.8) is 0 Å². The van der Waals surface area contributed by atoms with Gasteiger partial charge in [-0.15, -0.1) is 0 Å². The molecule has 16 heavy (non-hydrogen) atoms. The van der Waals surface area contributed by atoms with E-state index in [2.05, 4.69) is 24.3 Å². The number of hydrogen-bond acceptors (Lipinski definition) is 2. The summed E-state index contributed by atoms with van der Waals surface area (Å²) in [7, 11) is 0.